The summed E-state index contributed by atoms with van der Waals surface area (Å²) in [6, 6.07) is 13.7. The van der Waals surface area contributed by atoms with Crippen LogP contribution in [0.25, 0.3) is 0 Å². The first-order valence-corrected chi connectivity index (χ1v) is 17.5. The summed E-state index contributed by atoms with van der Waals surface area (Å²) < 4.78 is 0. The van der Waals surface area contributed by atoms with Crippen molar-refractivity contribution in [2.45, 2.75) is 156 Å². The summed E-state index contributed by atoms with van der Waals surface area (Å²) in [5.74, 6) is 0. The fourth-order valence-corrected chi connectivity index (χ4v) is 3.61. The third-order valence-corrected chi connectivity index (χ3v) is 5.33. The van der Waals surface area contributed by atoms with Crippen LogP contribution in [0.1, 0.15) is 150 Å². The number of fused-ring (bicyclic) bond motifs is 1. The molecule has 0 aliphatic carbocycles. The SMILES string of the molecule is C.C#C.C=CC.C=CNCCC.CC.CC.CC.CCC.CCC.CCc1cc(CCN2Cc3cccc(C)c3C2)ccc1C. The molecule has 1 aliphatic heterocycles. The summed E-state index contributed by atoms with van der Waals surface area (Å²) in [6.07, 6.45) is 17.4. The van der Waals surface area contributed by atoms with Crippen molar-refractivity contribution in [3.05, 3.63) is 95.2 Å². The van der Waals surface area contributed by atoms with Gasteiger partial charge in [0.2, 0.25) is 0 Å². The Balaban J connectivity index is -0.000000101. The number of hydrogen-bond donors (Lipinski definition) is 1. The molecule has 1 N–H and O–H groups in total. The molecular formula is C43H82N2. The molecule has 2 nitrogen and oxygen atoms in total. The highest BCUT2D eigenvalue weighted by molar-refractivity contribution is 5.37. The van der Waals surface area contributed by atoms with Crippen LogP contribution in [-0.2, 0) is 25.9 Å². The Hall–Kier alpha value is -2.76. The van der Waals surface area contributed by atoms with Crippen molar-refractivity contribution < 1.29 is 0 Å². The van der Waals surface area contributed by atoms with Crippen LogP contribution in [0.3, 0.4) is 0 Å². The minimum atomic E-state index is 0. The van der Waals surface area contributed by atoms with Crippen molar-refractivity contribution in [1.82, 2.24) is 10.2 Å². The van der Waals surface area contributed by atoms with Gasteiger partial charge in [-0.2, -0.15) is 0 Å². The average Bonchev–Trinajstić information content (AvgIpc) is 3.49. The molecule has 0 saturated heterocycles. The molecule has 45 heavy (non-hydrogen) atoms. The average molecular weight is 627 g/mol. The number of rotatable bonds is 7. The lowest BCUT2D eigenvalue weighted by Crippen LogP contribution is -2.19. The Morgan fingerprint density at radius 2 is 1.29 bits per heavy atom. The van der Waals surface area contributed by atoms with Crippen molar-refractivity contribution in [3.63, 3.8) is 0 Å². The van der Waals surface area contributed by atoms with Gasteiger partial charge in [0, 0.05) is 26.2 Å². The van der Waals surface area contributed by atoms with Gasteiger partial charge in [0.05, 0.1) is 0 Å². The van der Waals surface area contributed by atoms with Crippen molar-refractivity contribution >= 4 is 0 Å². The summed E-state index contributed by atoms with van der Waals surface area (Å²) in [4.78, 5) is 2.57. The van der Waals surface area contributed by atoms with E-state index in [4.69, 9.17) is 0 Å². The maximum absolute atomic E-state index is 4.00. The Morgan fingerprint density at radius 1 is 0.800 bits per heavy atom. The molecule has 2 aromatic carbocycles. The molecule has 0 radical (unpaired) electrons. The van der Waals surface area contributed by atoms with Gasteiger partial charge < -0.3 is 5.32 Å². The van der Waals surface area contributed by atoms with Crippen molar-refractivity contribution in [3.8, 4) is 12.8 Å². The van der Waals surface area contributed by atoms with Gasteiger partial charge in [-0.05, 0) is 79.6 Å². The molecule has 0 amide bonds. The van der Waals surface area contributed by atoms with E-state index in [0.717, 1.165) is 39.0 Å². The largest absolute Gasteiger partial charge is 0.391 e. The van der Waals surface area contributed by atoms with Gasteiger partial charge >= 0.3 is 0 Å². The van der Waals surface area contributed by atoms with E-state index in [1.807, 2.05) is 48.5 Å². The van der Waals surface area contributed by atoms with Gasteiger partial charge in [0.25, 0.3) is 0 Å². The molecule has 0 unspecified atom stereocenters. The second-order valence-corrected chi connectivity index (χ2v) is 9.27. The zero-order valence-corrected chi connectivity index (χ0v) is 32.5. The van der Waals surface area contributed by atoms with Gasteiger partial charge in [-0.15, -0.1) is 19.4 Å². The smallest absolute Gasteiger partial charge is 0.0243 e. The highest BCUT2D eigenvalue weighted by Gasteiger charge is 2.19. The molecule has 0 atom stereocenters. The second-order valence-electron chi connectivity index (χ2n) is 9.27. The van der Waals surface area contributed by atoms with Crippen LogP contribution in [0.5, 0.6) is 0 Å². The molecular weight excluding hydrogens is 544 g/mol. The van der Waals surface area contributed by atoms with Gasteiger partial charge in [0.1, 0.15) is 0 Å². The van der Waals surface area contributed by atoms with E-state index < -0.39 is 0 Å². The quantitative estimate of drug-likeness (QED) is 0.187. The van der Waals surface area contributed by atoms with E-state index in [0.29, 0.717) is 0 Å². The van der Waals surface area contributed by atoms with Crippen molar-refractivity contribution in [2.75, 3.05) is 13.1 Å². The van der Waals surface area contributed by atoms with Crippen molar-refractivity contribution in [2.24, 2.45) is 0 Å². The molecule has 0 fully saturated rings. The molecule has 1 heterocycles. The van der Waals surface area contributed by atoms with Crippen LogP contribution in [0.4, 0.5) is 0 Å². The summed E-state index contributed by atoms with van der Waals surface area (Å²) in [7, 11) is 0. The minimum Gasteiger partial charge on any atom is -0.391 e. The lowest BCUT2D eigenvalue weighted by molar-refractivity contribution is 0.288. The molecule has 0 saturated carbocycles. The molecule has 1 aliphatic rings. The van der Waals surface area contributed by atoms with Gasteiger partial charge in [0.15, 0.2) is 0 Å². The number of terminal acetylenes is 1. The first-order chi connectivity index (χ1) is 21.3. The van der Waals surface area contributed by atoms with Crippen LogP contribution in [0, 0.1) is 26.7 Å². The monoisotopic (exact) mass is 627 g/mol. The Kier molecular flexibility index (Phi) is 65.4. The first kappa shape index (κ1) is 57.8. The Morgan fingerprint density at radius 3 is 1.67 bits per heavy atom. The fourth-order valence-electron chi connectivity index (χ4n) is 3.61. The minimum absolute atomic E-state index is 0. The summed E-state index contributed by atoms with van der Waals surface area (Å²) >= 11 is 0. The number of benzene rings is 2. The van der Waals surface area contributed by atoms with Crippen LogP contribution < -0.4 is 5.32 Å². The standard InChI is InChI=1S/C20H25N.C5H11N.2C3H8.C3H6.3C2H6.C2H2.CH4/c1-4-18-12-17(9-8-15(18)2)10-11-21-13-19-7-5-6-16(3)20(19)14-21;1-3-5-6-4-2;3*1-3-2;4*1-2;/h5-9,12H,4,10-11,13-14H2,1-3H3;4,6H,2-3,5H2,1H3;2*3H2,1-2H3;3H,1H2,2H3;3*1-2H3;1-2H;1H4. The third kappa shape index (κ3) is 35.6. The highest BCUT2D eigenvalue weighted by atomic mass is 15.1. The van der Waals surface area contributed by atoms with Crippen LogP contribution in [0.2, 0.25) is 0 Å². The predicted octanol–water partition coefficient (Wildman–Crippen LogP) is 13.5. The number of allylic oxidation sites excluding steroid dienone is 1. The van der Waals surface area contributed by atoms with Crippen LogP contribution in [-0.4, -0.2) is 18.0 Å². The Labute approximate surface area is 287 Å². The normalized spacial score (nSPS) is 9.27. The van der Waals surface area contributed by atoms with Gasteiger partial charge in [-0.25, -0.2) is 0 Å². The lowest BCUT2D eigenvalue weighted by atomic mass is 10.0. The molecule has 264 valence electrons. The highest BCUT2D eigenvalue weighted by Crippen LogP contribution is 2.25. The maximum Gasteiger partial charge on any atom is 0.0243 e. The summed E-state index contributed by atoms with van der Waals surface area (Å²) in [5.41, 5.74) is 8.91. The van der Waals surface area contributed by atoms with E-state index in [1.165, 1.54) is 47.1 Å². The van der Waals surface area contributed by atoms with Crippen molar-refractivity contribution in [1.29, 1.82) is 0 Å². The summed E-state index contributed by atoms with van der Waals surface area (Å²) in [6.45, 7) is 42.5. The van der Waals surface area contributed by atoms with Gasteiger partial charge in [-0.1, -0.05) is 152 Å². The molecule has 2 aromatic rings. The molecule has 3 rings (SSSR count). The predicted molar refractivity (Wildman–Crippen MR) is 217 cm³/mol. The van der Waals surface area contributed by atoms with Crippen LogP contribution >= 0.6 is 0 Å². The van der Waals surface area contributed by atoms with E-state index in [-0.39, 0.29) is 7.43 Å². The fraction of sp³-hybridized carbons (Fsp3) is 0.581. The summed E-state index contributed by atoms with van der Waals surface area (Å²) in [5, 5.41) is 2.96. The number of nitrogens with zero attached hydrogens (tertiary/aromatic N) is 1. The molecule has 0 aromatic heterocycles. The van der Waals surface area contributed by atoms with Crippen LogP contribution in [0.15, 0.2) is 61.8 Å². The number of aryl methyl sites for hydroxylation is 3. The van der Waals surface area contributed by atoms with Gasteiger partial charge in [-0.3, -0.25) is 4.90 Å². The molecule has 0 spiro atoms. The van der Waals surface area contributed by atoms with E-state index in [1.54, 1.807) is 17.8 Å². The van der Waals surface area contributed by atoms with E-state index in [2.05, 4.69) is 128 Å². The molecule has 2 heteroatoms. The zero-order valence-electron chi connectivity index (χ0n) is 32.5. The topological polar surface area (TPSA) is 15.3 Å². The second kappa shape index (κ2) is 50.8. The Bertz CT molecular complexity index is 846. The maximum atomic E-state index is 4.00. The number of hydrogen-bond acceptors (Lipinski definition) is 2. The first-order valence-electron chi connectivity index (χ1n) is 17.5. The third-order valence-electron chi connectivity index (χ3n) is 5.33. The van der Waals surface area contributed by atoms with E-state index >= 15 is 0 Å². The lowest BCUT2D eigenvalue weighted by Gasteiger charge is -2.15. The zero-order chi connectivity index (χ0) is 35.8. The number of nitrogens with one attached hydrogen (secondary N) is 1. The molecule has 0 bridgehead atoms. The van der Waals surface area contributed by atoms with E-state index in [9.17, 15) is 0 Å².